The van der Waals surface area contributed by atoms with E-state index < -0.39 is 24.4 Å². The number of benzene rings is 2. The fraction of sp³-hybridized carbons (Fsp3) is 0.0667. The molecule has 0 saturated carbocycles. The van der Waals surface area contributed by atoms with Gasteiger partial charge in [0.25, 0.3) is 20.0 Å². The van der Waals surface area contributed by atoms with E-state index in [4.69, 9.17) is 16.3 Å². The van der Waals surface area contributed by atoms with Crippen LogP contribution in [0.3, 0.4) is 0 Å². The van der Waals surface area contributed by atoms with E-state index in [1.54, 1.807) is 28.4 Å². The minimum atomic E-state index is -4.45. The van der Waals surface area contributed by atoms with Crippen LogP contribution in [0.4, 0.5) is 0 Å². The topological polar surface area (TPSA) is 115 Å². The van der Waals surface area contributed by atoms with Crippen LogP contribution in [0.1, 0.15) is 0 Å². The molecule has 0 saturated heterocycles. The number of hydrogen-bond donors (Lipinski definition) is 1. The number of sulfonamides is 2. The highest BCUT2D eigenvalue weighted by Gasteiger charge is 2.28. The highest BCUT2D eigenvalue weighted by Crippen LogP contribution is 2.31. The van der Waals surface area contributed by atoms with Gasteiger partial charge in [0.05, 0.1) is 17.0 Å². The second-order valence-electron chi connectivity index (χ2n) is 5.12. The summed E-state index contributed by atoms with van der Waals surface area (Å²) in [5, 5.41) is 8.00. The molecule has 0 spiro atoms. The number of aromatic nitrogens is 2. The highest BCUT2D eigenvalue weighted by atomic mass is 35.5. The van der Waals surface area contributed by atoms with Gasteiger partial charge in [-0.3, -0.25) is 0 Å². The number of rotatable bonds is 6. The maximum Gasteiger partial charge on any atom is 0.283 e. The Morgan fingerprint density at radius 2 is 1.63 bits per heavy atom. The first kappa shape index (κ1) is 19.7. The minimum Gasteiger partial charge on any atom is -0.497 e. The lowest BCUT2D eigenvalue weighted by Gasteiger charge is -2.06. The fourth-order valence-electron chi connectivity index (χ4n) is 2.04. The lowest BCUT2D eigenvalue weighted by Crippen LogP contribution is -2.30. The first-order valence-electron chi connectivity index (χ1n) is 7.24. The molecule has 1 N–H and O–H groups in total. The van der Waals surface area contributed by atoms with Crippen molar-refractivity contribution >= 4 is 43.0 Å². The lowest BCUT2D eigenvalue weighted by molar-refractivity contribution is 0.414. The molecular formula is C15H12ClN3O5S3. The number of halogens is 1. The fourth-order valence-corrected chi connectivity index (χ4v) is 6.39. The molecular weight excluding hydrogens is 434 g/mol. The zero-order valence-corrected chi connectivity index (χ0v) is 16.9. The molecule has 142 valence electrons. The average molecular weight is 446 g/mol. The molecule has 0 bridgehead atoms. The molecule has 3 aromatic rings. The van der Waals surface area contributed by atoms with Gasteiger partial charge in [0.1, 0.15) is 10.8 Å². The average Bonchev–Trinajstić information content (AvgIpc) is 3.12. The molecule has 0 unspecified atom stereocenters. The number of ether oxygens (including phenoxy) is 1. The van der Waals surface area contributed by atoms with Crippen molar-refractivity contribution in [2.45, 2.75) is 9.24 Å². The first-order chi connectivity index (χ1) is 12.7. The van der Waals surface area contributed by atoms with Crippen LogP contribution in [0.15, 0.2) is 57.8 Å². The summed E-state index contributed by atoms with van der Waals surface area (Å²) in [6, 6.07) is 12.0. The zero-order chi connectivity index (χ0) is 19.7. The number of methoxy groups -OCH3 is 1. The van der Waals surface area contributed by atoms with E-state index in [0.717, 1.165) is 0 Å². The van der Waals surface area contributed by atoms with E-state index in [9.17, 15) is 16.8 Å². The Balaban J connectivity index is 1.89. The quantitative estimate of drug-likeness (QED) is 0.619. The summed E-state index contributed by atoms with van der Waals surface area (Å²) in [6.45, 7) is 0. The Bertz CT molecular complexity index is 1180. The Morgan fingerprint density at radius 3 is 2.26 bits per heavy atom. The molecule has 2 aromatic carbocycles. The SMILES string of the molecule is COc1ccc(S(=O)(=O)NS(=O)(=O)c2nnc(-c3ccccc3Cl)s2)cc1. The van der Waals surface area contributed by atoms with Crippen molar-refractivity contribution in [1.29, 1.82) is 0 Å². The summed E-state index contributed by atoms with van der Waals surface area (Å²) < 4.78 is 55.7. The van der Waals surface area contributed by atoms with E-state index in [1.165, 1.54) is 31.4 Å². The van der Waals surface area contributed by atoms with Crippen molar-refractivity contribution in [1.82, 2.24) is 14.3 Å². The smallest absolute Gasteiger partial charge is 0.283 e. The van der Waals surface area contributed by atoms with Gasteiger partial charge in [-0.25, -0.2) is 16.8 Å². The molecule has 0 radical (unpaired) electrons. The monoisotopic (exact) mass is 445 g/mol. The van der Waals surface area contributed by atoms with Crippen molar-refractivity contribution in [3.05, 3.63) is 53.6 Å². The molecule has 1 heterocycles. The van der Waals surface area contributed by atoms with Gasteiger partial charge >= 0.3 is 0 Å². The van der Waals surface area contributed by atoms with Crippen molar-refractivity contribution in [2.24, 2.45) is 0 Å². The third-order valence-electron chi connectivity index (χ3n) is 3.33. The molecule has 12 heteroatoms. The molecule has 0 fully saturated rings. The van der Waals surface area contributed by atoms with Crippen LogP contribution >= 0.6 is 22.9 Å². The molecule has 3 rings (SSSR count). The van der Waals surface area contributed by atoms with Crippen molar-refractivity contribution in [3.63, 3.8) is 0 Å². The van der Waals surface area contributed by atoms with Gasteiger partial charge in [-0.2, -0.15) is 0 Å². The molecule has 0 aliphatic carbocycles. The Morgan fingerprint density at radius 1 is 0.963 bits per heavy atom. The Hall–Kier alpha value is -2.05. The lowest BCUT2D eigenvalue weighted by atomic mass is 10.2. The molecule has 1 aromatic heterocycles. The summed E-state index contributed by atoms with van der Waals surface area (Å²) >= 11 is 6.77. The van der Waals surface area contributed by atoms with Crippen molar-refractivity contribution in [3.8, 4) is 16.3 Å². The minimum absolute atomic E-state index is 0.234. The van der Waals surface area contributed by atoms with Crippen molar-refractivity contribution < 1.29 is 21.6 Å². The maximum atomic E-state index is 12.4. The van der Waals surface area contributed by atoms with Gasteiger partial charge < -0.3 is 4.74 Å². The predicted octanol–water partition coefficient (Wildman–Crippen LogP) is 2.53. The zero-order valence-electron chi connectivity index (χ0n) is 13.7. The standard InChI is InChI=1S/C15H12ClN3O5S3/c1-24-10-6-8-11(9-7-10)26(20,21)19-27(22,23)15-18-17-14(25-15)12-4-2-3-5-13(12)16/h2-9,19H,1H3. The third kappa shape index (κ3) is 4.28. The maximum absolute atomic E-state index is 12.4. The van der Waals surface area contributed by atoms with Gasteiger partial charge in [0.2, 0.25) is 4.34 Å². The van der Waals surface area contributed by atoms with Gasteiger partial charge in [-0.05, 0) is 30.3 Å². The number of nitrogens with one attached hydrogen (secondary N) is 1. The molecule has 0 aliphatic rings. The van der Waals surface area contributed by atoms with Crippen LogP contribution in [-0.2, 0) is 20.0 Å². The Labute approximate surface area is 164 Å². The Kier molecular flexibility index (Phi) is 5.49. The van der Waals surface area contributed by atoms with Crippen LogP contribution in [0.2, 0.25) is 5.02 Å². The second kappa shape index (κ2) is 7.52. The molecule has 8 nitrogen and oxygen atoms in total. The van der Waals surface area contributed by atoms with E-state index in [-0.39, 0.29) is 9.90 Å². The van der Waals surface area contributed by atoms with E-state index in [2.05, 4.69) is 10.2 Å². The van der Waals surface area contributed by atoms with Crippen molar-refractivity contribution in [2.75, 3.05) is 7.11 Å². The van der Waals surface area contributed by atoms with Crippen LogP contribution in [0.5, 0.6) is 5.75 Å². The number of hydrogen-bond acceptors (Lipinski definition) is 8. The van der Waals surface area contributed by atoms with Crippen LogP contribution in [0, 0.1) is 0 Å². The second-order valence-corrected chi connectivity index (χ2v) is 10.3. The summed E-state index contributed by atoms with van der Waals surface area (Å²) in [6.07, 6.45) is 0. The highest BCUT2D eigenvalue weighted by molar-refractivity contribution is 8.05. The number of nitrogens with zero attached hydrogens (tertiary/aromatic N) is 2. The molecule has 0 amide bonds. The van der Waals surface area contributed by atoms with E-state index in [0.29, 0.717) is 27.7 Å². The van der Waals surface area contributed by atoms with Gasteiger partial charge in [-0.1, -0.05) is 45.3 Å². The molecule has 27 heavy (non-hydrogen) atoms. The summed E-state index contributed by atoms with van der Waals surface area (Å²) in [7, 11) is -7.36. The summed E-state index contributed by atoms with van der Waals surface area (Å²) in [5.41, 5.74) is 0.496. The van der Waals surface area contributed by atoms with Crippen LogP contribution < -0.4 is 8.86 Å². The summed E-state index contributed by atoms with van der Waals surface area (Å²) in [5.74, 6) is 0.435. The van der Waals surface area contributed by atoms with Gasteiger partial charge in [0, 0.05) is 5.56 Å². The van der Waals surface area contributed by atoms with Crippen LogP contribution in [0.25, 0.3) is 10.6 Å². The summed E-state index contributed by atoms with van der Waals surface area (Å²) in [4.78, 5) is -0.234. The third-order valence-corrected chi connectivity index (χ3v) is 8.51. The van der Waals surface area contributed by atoms with Gasteiger partial charge in [0.15, 0.2) is 0 Å². The normalized spacial score (nSPS) is 12.1. The van der Waals surface area contributed by atoms with E-state index >= 15 is 0 Å². The van der Waals surface area contributed by atoms with Crippen LogP contribution in [-0.4, -0.2) is 34.1 Å². The predicted molar refractivity (Wildman–Crippen MR) is 101 cm³/mol. The molecule has 0 atom stereocenters. The molecule has 0 aliphatic heterocycles. The van der Waals surface area contributed by atoms with E-state index in [1.807, 2.05) is 0 Å². The van der Waals surface area contributed by atoms with Gasteiger partial charge in [-0.15, -0.1) is 10.2 Å². The largest absolute Gasteiger partial charge is 0.497 e. The first-order valence-corrected chi connectivity index (χ1v) is 11.4.